The minimum Gasteiger partial charge on any atom is -0.491 e. The maximum atomic E-state index is 8.79. The summed E-state index contributed by atoms with van der Waals surface area (Å²) < 4.78 is 11.5. The van der Waals surface area contributed by atoms with Gasteiger partial charge in [0.1, 0.15) is 18.5 Å². The van der Waals surface area contributed by atoms with Gasteiger partial charge in [-0.05, 0) is 25.6 Å². The maximum absolute atomic E-state index is 8.79. The zero-order valence-electron chi connectivity index (χ0n) is 12.1. The zero-order chi connectivity index (χ0) is 14.4. The van der Waals surface area contributed by atoms with Crippen LogP contribution in [0.15, 0.2) is 29.4 Å². The van der Waals surface area contributed by atoms with Crippen LogP contribution in [-0.4, -0.2) is 54.8 Å². The third-order valence-corrected chi connectivity index (χ3v) is 3.51. The molecule has 2 rings (SSSR count). The van der Waals surface area contributed by atoms with Crippen LogP contribution in [0.5, 0.6) is 5.75 Å². The van der Waals surface area contributed by atoms with Gasteiger partial charge in [-0.15, -0.1) is 0 Å². The van der Waals surface area contributed by atoms with E-state index in [4.69, 9.17) is 14.7 Å². The standard InChI is InChI=1S/C15H22N2O3/c1-3-17-7-8-19-15(10-17)11-20-14-6-4-5-13(9-14)12(2)16-18/h4-6,9,15,18H,3,7-8,10-11H2,1-2H3. The first-order valence-electron chi connectivity index (χ1n) is 6.98. The molecule has 1 aliphatic heterocycles. The number of rotatable bonds is 5. The number of nitrogens with zero attached hydrogens (tertiary/aromatic N) is 2. The second-order valence-electron chi connectivity index (χ2n) is 4.91. The number of benzene rings is 1. The van der Waals surface area contributed by atoms with Gasteiger partial charge < -0.3 is 14.7 Å². The van der Waals surface area contributed by atoms with Gasteiger partial charge in [0.05, 0.1) is 12.3 Å². The first kappa shape index (κ1) is 14.8. The molecule has 1 aromatic carbocycles. The normalized spacial score (nSPS) is 20.9. The Morgan fingerprint density at radius 3 is 3.15 bits per heavy atom. The summed E-state index contributed by atoms with van der Waals surface area (Å²) >= 11 is 0. The third kappa shape index (κ3) is 3.95. The van der Waals surface area contributed by atoms with Crippen LogP contribution < -0.4 is 4.74 Å². The number of likely N-dealkylation sites (N-methyl/N-ethyl adjacent to an activating group) is 1. The number of ether oxygens (including phenoxy) is 2. The Labute approximate surface area is 119 Å². The fraction of sp³-hybridized carbons (Fsp3) is 0.533. The van der Waals surface area contributed by atoms with Crippen molar-refractivity contribution in [2.75, 3.05) is 32.8 Å². The Morgan fingerprint density at radius 2 is 2.40 bits per heavy atom. The van der Waals surface area contributed by atoms with Crippen LogP contribution in [0.3, 0.4) is 0 Å². The van der Waals surface area contributed by atoms with Crippen LogP contribution in [0.25, 0.3) is 0 Å². The monoisotopic (exact) mass is 278 g/mol. The Kier molecular flexibility index (Phi) is 5.38. The number of hydrogen-bond donors (Lipinski definition) is 1. The summed E-state index contributed by atoms with van der Waals surface area (Å²) in [5.41, 5.74) is 1.42. The quantitative estimate of drug-likeness (QED) is 0.508. The lowest BCUT2D eigenvalue weighted by atomic mass is 10.1. The molecular weight excluding hydrogens is 256 g/mol. The van der Waals surface area contributed by atoms with E-state index in [1.807, 2.05) is 24.3 Å². The molecule has 0 bridgehead atoms. The van der Waals surface area contributed by atoms with Crippen LogP contribution in [0.1, 0.15) is 19.4 Å². The van der Waals surface area contributed by atoms with E-state index >= 15 is 0 Å². The summed E-state index contributed by atoms with van der Waals surface area (Å²) in [6.07, 6.45) is 0.111. The van der Waals surface area contributed by atoms with Crippen LogP contribution in [0.4, 0.5) is 0 Å². The van der Waals surface area contributed by atoms with E-state index in [2.05, 4.69) is 17.0 Å². The minimum atomic E-state index is 0.111. The molecule has 1 aliphatic rings. The number of hydrogen-bond acceptors (Lipinski definition) is 5. The average molecular weight is 278 g/mol. The Bertz CT molecular complexity index is 462. The second-order valence-corrected chi connectivity index (χ2v) is 4.91. The van der Waals surface area contributed by atoms with Gasteiger partial charge >= 0.3 is 0 Å². The molecule has 1 atom stereocenters. The van der Waals surface area contributed by atoms with E-state index in [1.165, 1.54) is 0 Å². The van der Waals surface area contributed by atoms with Gasteiger partial charge in [0, 0.05) is 18.7 Å². The third-order valence-electron chi connectivity index (χ3n) is 3.51. The van der Waals surface area contributed by atoms with Crippen LogP contribution in [-0.2, 0) is 4.74 Å². The zero-order valence-corrected chi connectivity index (χ0v) is 12.1. The molecule has 0 saturated carbocycles. The predicted octanol–water partition coefficient (Wildman–Crippen LogP) is 1.98. The average Bonchev–Trinajstić information content (AvgIpc) is 2.52. The summed E-state index contributed by atoms with van der Waals surface area (Å²) in [7, 11) is 0. The van der Waals surface area contributed by atoms with E-state index in [0.717, 1.165) is 37.6 Å². The Balaban J connectivity index is 1.90. The molecule has 1 aromatic rings. The van der Waals surface area contributed by atoms with Crippen molar-refractivity contribution in [2.45, 2.75) is 20.0 Å². The Hall–Kier alpha value is -1.59. The van der Waals surface area contributed by atoms with Crippen molar-refractivity contribution in [3.05, 3.63) is 29.8 Å². The lowest BCUT2D eigenvalue weighted by Crippen LogP contribution is -2.44. The van der Waals surface area contributed by atoms with Gasteiger partial charge in [-0.25, -0.2) is 0 Å². The predicted molar refractivity (Wildman–Crippen MR) is 77.8 cm³/mol. The van der Waals surface area contributed by atoms with Gasteiger partial charge in [-0.2, -0.15) is 0 Å². The first-order valence-corrected chi connectivity index (χ1v) is 6.98. The van der Waals surface area contributed by atoms with Crippen molar-refractivity contribution in [3.8, 4) is 5.75 Å². The van der Waals surface area contributed by atoms with E-state index in [-0.39, 0.29) is 6.10 Å². The smallest absolute Gasteiger partial charge is 0.120 e. The SMILES string of the molecule is CCN1CCOC(COc2cccc(C(C)=NO)c2)C1. The van der Waals surface area contributed by atoms with E-state index < -0.39 is 0 Å². The summed E-state index contributed by atoms with van der Waals surface area (Å²) in [5, 5.41) is 12.0. The van der Waals surface area contributed by atoms with Gasteiger partial charge in [0.25, 0.3) is 0 Å². The molecular formula is C15H22N2O3. The van der Waals surface area contributed by atoms with Crippen molar-refractivity contribution in [1.82, 2.24) is 4.90 Å². The van der Waals surface area contributed by atoms with Crippen LogP contribution >= 0.6 is 0 Å². The second kappa shape index (κ2) is 7.26. The van der Waals surface area contributed by atoms with Crippen molar-refractivity contribution in [2.24, 2.45) is 5.16 Å². The molecule has 20 heavy (non-hydrogen) atoms. The molecule has 1 heterocycles. The van der Waals surface area contributed by atoms with Gasteiger partial charge in [0.15, 0.2) is 0 Å². The molecule has 110 valence electrons. The van der Waals surface area contributed by atoms with Crippen LogP contribution in [0.2, 0.25) is 0 Å². The highest BCUT2D eigenvalue weighted by Gasteiger charge is 2.19. The topological polar surface area (TPSA) is 54.3 Å². The molecule has 5 nitrogen and oxygen atoms in total. The number of oxime groups is 1. The molecule has 0 amide bonds. The van der Waals surface area contributed by atoms with E-state index in [0.29, 0.717) is 12.3 Å². The first-order chi connectivity index (χ1) is 9.72. The lowest BCUT2D eigenvalue weighted by molar-refractivity contribution is -0.0464. The molecule has 1 N–H and O–H groups in total. The summed E-state index contributed by atoms with van der Waals surface area (Å²) in [5.74, 6) is 0.766. The van der Waals surface area contributed by atoms with Gasteiger partial charge in [-0.1, -0.05) is 24.2 Å². The molecule has 1 fully saturated rings. The molecule has 5 heteroatoms. The fourth-order valence-corrected chi connectivity index (χ4v) is 2.23. The molecule has 1 saturated heterocycles. The highest BCUT2D eigenvalue weighted by molar-refractivity contribution is 5.98. The van der Waals surface area contributed by atoms with E-state index in [1.54, 1.807) is 6.92 Å². The van der Waals surface area contributed by atoms with Crippen molar-refractivity contribution < 1.29 is 14.7 Å². The van der Waals surface area contributed by atoms with Crippen LogP contribution in [0, 0.1) is 0 Å². The van der Waals surface area contributed by atoms with Gasteiger partial charge in [0.2, 0.25) is 0 Å². The summed E-state index contributed by atoms with van der Waals surface area (Å²) in [6, 6.07) is 7.54. The lowest BCUT2D eigenvalue weighted by Gasteiger charge is -2.31. The molecule has 0 spiro atoms. The fourth-order valence-electron chi connectivity index (χ4n) is 2.23. The van der Waals surface area contributed by atoms with Crippen molar-refractivity contribution in [1.29, 1.82) is 0 Å². The van der Waals surface area contributed by atoms with Gasteiger partial charge in [-0.3, -0.25) is 4.90 Å². The van der Waals surface area contributed by atoms with E-state index in [9.17, 15) is 0 Å². The highest BCUT2D eigenvalue weighted by atomic mass is 16.5. The Morgan fingerprint density at radius 1 is 1.55 bits per heavy atom. The molecule has 0 aliphatic carbocycles. The molecule has 0 radical (unpaired) electrons. The summed E-state index contributed by atoms with van der Waals surface area (Å²) in [4.78, 5) is 2.36. The van der Waals surface area contributed by atoms with Crippen molar-refractivity contribution >= 4 is 5.71 Å². The van der Waals surface area contributed by atoms with Crippen molar-refractivity contribution in [3.63, 3.8) is 0 Å². The molecule has 1 unspecified atom stereocenters. The highest BCUT2D eigenvalue weighted by Crippen LogP contribution is 2.15. The minimum absolute atomic E-state index is 0.111. The largest absolute Gasteiger partial charge is 0.491 e. The maximum Gasteiger partial charge on any atom is 0.120 e. The molecule has 0 aromatic heterocycles. The summed E-state index contributed by atoms with van der Waals surface area (Å²) in [6.45, 7) is 8.16. The number of morpholine rings is 1.